The second-order valence-electron chi connectivity index (χ2n) is 5.97. The lowest BCUT2D eigenvalue weighted by Crippen LogP contribution is -2.31. The third-order valence-electron chi connectivity index (χ3n) is 4.09. The van der Waals surface area contributed by atoms with E-state index in [1.807, 2.05) is 36.4 Å². The highest BCUT2D eigenvalue weighted by Gasteiger charge is 2.28. The summed E-state index contributed by atoms with van der Waals surface area (Å²) in [5, 5.41) is 3.46. The molecule has 3 nitrogen and oxygen atoms in total. The Morgan fingerprint density at radius 3 is 2.00 bits per heavy atom. The standard InChI is InChI=1S/C22H18ClNO2/c23-18-13-11-16(12-14-18)15-20(21(25)17-7-3-1-4-8-17)22(26)24-19-9-5-2-6-10-19/h1-14,20H,15H2,(H,24,26)/t20-/m1/s1. The van der Waals surface area contributed by atoms with Crippen molar-refractivity contribution in [1.82, 2.24) is 0 Å². The van der Waals surface area contributed by atoms with Crippen molar-refractivity contribution in [1.29, 1.82) is 0 Å². The van der Waals surface area contributed by atoms with Crippen LogP contribution in [0.3, 0.4) is 0 Å². The fourth-order valence-corrected chi connectivity index (χ4v) is 2.84. The van der Waals surface area contributed by atoms with Crippen LogP contribution in [0.2, 0.25) is 5.02 Å². The number of Topliss-reactive ketones (excluding diaryl/α,β-unsaturated/α-hetero) is 1. The Kier molecular flexibility index (Phi) is 5.82. The summed E-state index contributed by atoms with van der Waals surface area (Å²) in [5.74, 6) is -1.34. The van der Waals surface area contributed by atoms with Gasteiger partial charge in [0, 0.05) is 16.3 Å². The second-order valence-corrected chi connectivity index (χ2v) is 6.41. The maximum Gasteiger partial charge on any atom is 0.235 e. The van der Waals surface area contributed by atoms with Gasteiger partial charge in [0.1, 0.15) is 5.92 Å². The van der Waals surface area contributed by atoms with Crippen molar-refractivity contribution in [3.63, 3.8) is 0 Å². The van der Waals surface area contributed by atoms with E-state index in [0.29, 0.717) is 22.7 Å². The van der Waals surface area contributed by atoms with Gasteiger partial charge >= 0.3 is 0 Å². The number of ketones is 1. The molecule has 0 unspecified atom stereocenters. The van der Waals surface area contributed by atoms with Crippen molar-refractivity contribution in [2.45, 2.75) is 6.42 Å². The number of nitrogens with one attached hydrogen (secondary N) is 1. The fourth-order valence-electron chi connectivity index (χ4n) is 2.72. The van der Waals surface area contributed by atoms with Crippen molar-refractivity contribution in [3.05, 3.63) is 101 Å². The summed E-state index contributed by atoms with van der Waals surface area (Å²) in [6, 6.07) is 25.2. The van der Waals surface area contributed by atoms with Crippen molar-refractivity contribution in [3.8, 4) is 0 Å². The largest absolute Gasteiger partial charge is 0.325 e. The Morgan fingerprint density at radius 2 is 1.38 bits per heavy atom. The van der Waals surface area contributed by atoms with Crippen LogP contribution in [0.4, 0.5) is 5.69 Å². The number of carbonyl (C=O) groups is 2. The lowest BCUT2D eigenvalue weighted by Gasteiger charge is -2.16. The molecule has 3 rings (SSSR count). The third-order valence-corrected chi connectivity index (χ3v) is 4.34. The van der Waals surface area contributed by atoms with E-state index in [0.717, 1.165) is 5.56 Å². The van der Waals surface area contributed by atoms with E-state index in [1.165, 1.54) is 0 Å². The molecule has 0 aliphatic rings. The number of carbonyl (C=O) groups excluding carboxylic acids is 2. The van der Waals surface area contributed by atoms with Crippen molar-refractivity contribution in [2.24, 2.45) is 5.92 Å². The Labute approximate surface area is 157 Å². The van der Waals surface area contributed by atoms with Crippen LogP contribution in [-0.4, -0.2) is 11.7 Å². The lowest BCUT2D eigenvalue weighted by molar-refractivity contribution is -0.118. The molecule has 0 fully saturated rings. The Bertz CT molecular complexity index is 877. The maximum absolute atomic E-state index is 13.0. The molecule has 3 aromatic rings. The molecule has 1 atom stereocenters. The molecular weight excluding hydrogens is 346 g/mol. The molecular formula is C22H18ClNO2. The van der Waals surface area contributed by atoms with Crippen LogP contribution in [0.1, 0.15) is 15.9 Å². The zero-order valence-corrected chi connectivity index (χ0v) is 14.8. The molecule has 0 saturated carbocycles. The topological polar surface area (TPSA) is 46.2 Å². The van der Waals surface area contributed by atoms with Crippen LogP contribution >= 0.6 is 11.6 Å². The van der Waals surface area contributed by atoms with E-state index in [9.17, 15) is 9.59 Å². The maximum atomic E-state index is 13.0. The number of rotatable bonds is 6. The van der Waals surface area contributed by atoms with Gasteiger partial charge in [-0.3, -0.25) is 9.59 Å². The van der Waals surface area contributed by atoms with Gasteiger partial charge in [0.15, 0.2) is 5.78 Å². The molecule has 0 radical (unpaired) electrons. The van der Waals surface area contributed by atoms with E-state index < -0.39 is 5.92 Å². The molecule has 1 amide bonds. The van der Waals surface area contributed by atoms with Gasteiger partial charge in [-0.2, -0.15) is 0 Å². The molecule has 1 N–H and O–H groups in total. The Hall–Kier alpha value is -2.91. The van der Waals surface area contributed by atoms with Gasteiger partial charge in [-0.15, -0.1) is 0 Å². The predicted molar refractivity (Wildman–Crippen MR) is 104 cm³/mol. The molecule has 4 heteroatoms. The van der Waals surface area contributed by atoms with Gasteiger partial charge in [0.2, 0.25) is 5.91 Å². The number of hydrogen-bond donors (Lipinski definition) is 1. The Morgan fingerprint density at radius 1 is 0.808 bits per heavy atom. The summed E-state index contributed by atoms with van der Waals surface area (Å²) in [6.45, 7) is 0. The molecule has 0 aliphatic carbocycles. The van der Waals surface area contributed by atoms with E-state index in [-0.39, 0.29) is 11.7 Å². The number of halogens is 1. The van der Waals surface area contributed by atoms with E-state index in [2.05, 4.69) is 5.32 Å². The summed E-state index contributed by atoms with van der Waals surface area (Å²) < 4.78 is 0. The highest BCUT2D eigenvalue weighted by molar-refractivity contribution is 6.30. The first-order valence-electron chi connectivity index (χ1n) is 8.33. The van der Waals surface area contributed by atoms with Crippen molar-refractivity contribution in [2.75, 3.05) is 5.32 Å². The molecule has 0 saturated heterocycles. The quantitative estimate of drug-likeness (QED) is 0.493. The summed E-state index contributed by atoms with van der Waals surface area (Å²) in [7, 11) is 0. The van der Waals surface area contributed by atoms with Gasteiger partial charge in [-0.05, 0) is 36.2 Å². The normalized spacial score (nSPS) is 11.6. The number of anilines is 1. The minimum atomic E-state index is -0.821. The van der Waals surface area contributed by atoms with Crippen LogP contribution in [0.5, 0.6) is 0 Å². The minimum Gasteiger partial charge on any atom is -0.325 e. The predicted octanol–water partition coefficient (Wildman–Crippen LogP) is 5.02. The molecule has 0 aliphatic heterocycles. The zero-order chi connectivity index (χ0) is 18.4. The molecule has 0 heterocycles. The average Bonchev–Trinajstić information content (AvgIpc) is 2.68. The highest BCUT2D eigenvalue weighted by atomic mass is 35.5. The van der Waals surface area contributed by atoms with Crippen LogP contribution in [0, 0.1) is 5.92 Å². The lowest BCUT2D eigenvalue weighted by atomic mass is 9.90. The van der Waals surface area contributed by atoms with Crippen molar-refractivity contribution < 1.29 is 9.59 Å². The van der Waals surface area contributed by atoms with Gasteiger partial charge in [-0.25, -0.2) is 0 Å². The number of benzene rings is 3. The van der Waals surface area contributed by atoms with E-state index >= 15 is 0 Å². The summed E-state index contributed by atoms with van der Waals surface area (Å²) >= 11 is 5.93. The van der Waals surface area contributed by atoms with E-state index in [4.69, 9.17) is 11.6 Å². The zero-order valence-electron chi connectivity index (χ0n) is 14.1. The monoisotopic (exact) mass is 363 g/mol. The molecule has 0 spiro atoms. The minimum absolute atomic E-state index is 0.200. The van der Waals surface area contributed by atoms with Crippen LogP contribution in [-0.2, 0) is 11.2 Å². The van der Waals surface area contributed by atoms with Gasteiger partial charge in [0.05, 0.1) is 0 Å². The third kappa shape index (κ3) is 4.58. The molecule has 3 aromatic carbocycles. The van der Waals surface area contributed by atoms with Crippen LogP contribution in [0.25, 0.3) is 0 Å². The first-order valence-corrected chi connectivity index (χ1v) is 8.71. The summed E-state index contributed by atoms with van der Waals surface area (Å²) in [6.07, 6.45) is 0.309. The van der Waals surface area contributed by atoms with Gasteiger partial charge in [0.25, 0.3) is 0 Å². The fraction of sp³-hybridized carbons (Fsp3) is 0.0909. The first kappa shape index (κ1) is 17.9. The molecule has 130 valence electrons. The summed E-state index contributed by atoms with van der Waals surface area (Å²) in [4.78, 5) is 25.8. The average molecular weight is 364 g/mol. The molecule has 26 heavy (non-hydrogen) atoms. The van der Waals surface area contributed by atoms with Gasteiger partial charge < -0.3 is 5.32 Å². The smallest absolute Gasteiger partial charge is 0.235 e. The first-order chi connectivity index (χ1) is 12.6. The van der Waals surface area contributed by atoms with Gasteiger partial charge in [-0.1, -0.05) is 72.3 Å². The number of amides is 1. The van der Waals surface area contributed by atoms with Crippen LogP contribution < -0.4 is 5.32 Å². The SMILES string of the molecule is O=C(Nc1ccccc1)[C@H](Cc1ccc(Cl)cc1)C(=O)c1ccccc1. The highest BCUT2D eigenvalue weighted by Crippen LogP contribution is 2.19. The Balaban J connectivity index is 1.86. The summed E-state index contributed by atoms with van der Waals surface area (Å²) in [5.41, 5.74) is 2.07. The van der Waals surface area contributed by atoms with E-state index in [1.54, 1.807) is 48.5 Å². The van der Waals surface area contributed by atoms with Crippen molar-refractivity contribution >= 4 is 29.0 Å². The number of para-hydroxylation sites is 1. The molecule has 0 aromatic heterocycles. The van der Waals surface area contributed by atoms with Crippen LogP contribution in [0.15, 0.2) is 84.9 Å². The number of hydrogen-bond acceptors (Lipinski definition) is 2. The second kappa shape index (κ2) is 8.45. The molecule has 0 bridgehead atoms.